The van der Waals surface area contributed by atoms with Gasteiger partial charge in [-0.1, -0.05) is 27.2 Å². The first-order chi connectivity index (χ1) is 9.24. The Morgan fingerprint density at radius 1 is 1.30 bits per heavy atom. The summed E-state index contributed by atoms with van der Waals surface area (Å²) in [5.74, 6) is 2.82. The van der Waals surface area contributed by atoms with Crippen molar-refractivity contribution in [2.45, 2.75) is 65.3 Å². The smallest absolute Gasteiger partial charge is 0.223 e. The number of nitrogens with two attached hydrogens (primary N) is 1. The zero-order valence-corrected chi connectivity index (χ0v) is 13.7. The summed E-state index contributed by atoms with van der Waals surface area (Å²) in [6.45, 7) is 7.48. The van der Waals surface area contributed by atoms with Gasteiger partial charge in [-0.05, 0) is 48.9 Å². The van der Waals surface area contributed by atoms with E-state index in [0.717, 1.165) is 30.7 Å². The third-order valence-corrected chi connectivity index (χ3v) is 5.13. The van der Waals surface area contributed by atoms with Gasteiger partial charge in [0.2, 0.25) is 5.91 Å². The van der Waals surface area contributed by atoms with E-state index < -0.39 is 0 Å². The minimum atomic E-state index is -0.00928. The molecule has 20 heavy (non-hydrogen) atoms. The molecular formula is C17H32N2O. The molecule has 0 aromatic rings. The van der Waals surface area contributed by atoms with Crippen LogP contribution < -0.4 is 5.73 Å². The Morgan fingerprint density at radius 2 is 2.00 bits per heavy atom. The zero-order valence-electron chi connectivity index (χ0n) is 13.7. The summed E-state index contributed by atoms with van der Waals surface area (Å²) in [5.41, 5.74) is 6.32. The van der Waals surface area contributed by atoms with Crippen LogP contribution in [0.2, 0.25) is 0 Å². The highest BCUT2D eigenvalue weighted by Crippen LogP contribution is 2.48. The maximum atomic E-state index is 12.3. The highest BCUT2D eigenvalue weighted by Gasteiger charge is 2.40. The van der Waals surface area contributed by atoms with Crippen molar-refractivity contribution in [3.63, 3.8) is 0 Å². The summed E-state index contributed by atoms with van der Waals surface area (Å²) in [7, 11) is 1.96. The van der Waals surface area contributed by atoms with Crippen LogP contribution in [0.5, 0.6) is 0 Å². The van der Waals surface area contributed by atoms with Gasteiger partial charge in [-0.15, -0.1) is 0 Å². The molecule has 0 aliphatic heterocycles. The Kier molecular flexibility index (Phi) is 4.78. The molecule has 0 heterocycles. The second-order valence-corrected chi connectivity index (χ2v) is 8.44. The van der Waals surface area contributed by atoms with Crippen LogP contribution in [0, 0.1) is 23.2 Å². The van der Waals surface area contributed by atoms with Crippen LogP contribution in [0.1, 0.15) is 59.3 Å². The quantitative estimate of drug-likeness (QED) is 0.841. The van der Waals surface area contributed by atoms with E-state index in [1.54, 1.807) is 0 Å². The summed E-state index contributed by atoms with van der Waals surface area (Å²) in [6.07, 6.45) is 6.97. The third-order valence-electron chi connectivity index (χ3n) is 5.13. The van der Waals surface area contributed by atoms with E-state index in [9.17, 15) is 4.79 Å². The molecule has 2 aliphatic rings. The summed E-state index contributed by atoms with van der Waals surface area (Å²) >= 11 is 0. The molecule has 2 saturated carbocycles. The monoisotopic (exact) mass is 280 g/mol. The van der Waals surface area contributed by atoms with Gasteiger partial charge >= 0.3 is 0 Å². The van der Waals surface area contributed by atoms with Crippen LogP contribution >= 0.6 is 0 Å². The standard InChI is InChI=1S/C17H32N2O/c1-17(2,3)10-15(18)9-16(20)19(4)11-14-8-12-5-6-13(14)7-12/h12-15H,5-11,18H2,1-4H3. The summed E-state index contributed by atoms with van der Waals surface area (Å²) in [6, 6.07) is -0.00928. The van der Waals surface area contributed by atoms with Crippen molar-refractivity contribution < 1.29 is 4.79 Å². The normalized spacial score (nSPS) is 30.6. The predicted molar refractivity (Wildman–Crippen MR) is 83.2 cm³/mol. The Hall–Kier alpha value is -0.570. The summed E-state index contributed by atoms with van der Waals surface area (Å²) in [4.78, 5) is 14.2. The molecule has 3 heteroatoms. The van der Waals surface area contributed by atoms with Gasteiger partial charge in [0.05, 0.1) is 0 Å². The number of fused-ring (bicyclic) bond motifs is 2. The molecule has 0 aromatic heterocycles. The number of carbonyl (C=O) groups excluding carboxylic acids is 1. The highest BCUT2D eigenvalue weighted by molar-refractivity contribution is 5.76. The van der Waals surface area contributed by atoms with E-state index in [-0.39, 0.29) is 17.4 Å². The van der Waals surface area contributed by atoms with E-state index >= 15 is 0 Å². The molecule has 3 nitrogen and oxygen atoms in total. The lowest BCUT2D eigenvalue weighted by Crippen LogP contribution is -2.38. The molecule has 2 fully saturated rings. The molecule has 2 bridgehead atoms. The van der Waals surface area contributed by atoms with Gasteiger partial charge in [0, 0.05) is 26.1 Å². The van der Waals surface area contributed by atoms with E-state index in [1.165, 1.54) is 25.7 Å². The molecule has 2 aliphatic carbocycles. The van der Waals surface area contributed by atoms with Crippen molar-refractivity contribution >= 4 is 5.91 Å². The lowest BCUT2D eigenvalue weighted by Gasteiger charge is -2.29. The molecule has 2 rings (SSSR count). The molecule has 2 N–H and O–H groups in total. The maximum absolute atomic E-state index is 12.3. The van der Waals surface area contributed by atoms with Crippen LogP contribution in [-0.4, -0.2) is 30.4 Å². The van der Waals surface area contributed by atoms with Crippen molar-refractivity contribution in [1.29, 1.82) is 0 Å². The fourth-order valence-corrected chi connectivity index (χ4v) is 4.29. The maximum Gasteiger partial charge on any atom is 0.223 e. The molecule has 116 valence electrons. The zero-order chi connectivity index (χ0) is 14.9. The number of hydrogen-bond acceptors (Lipinski definition) is 2. The Bertz CT molecular complexity index is 347. The van der Waals surface area contributed by atoms with Gasteiger partial charge in [-0.3, -0.25) is 4.79 Å². The first kappa shape index (κ1) is 15.8. The largest absolute Gasteiger partial charge is 0.345 e. The van der Waals surface area contributed by atoms with Crippen LogP contribution in [0.3, 0.4) is 0 Å². The second-order valence-electron chi connectivity index (χ2n) is 8.44. The topological polar surface area (TPSA) is 46.3 Å². The molecule has 0 saturated heterocycles. The van der Waals surface area contributed by atoms with Crippen LogP contribution in [0.4, 0.5) is 0 Å². The van der Waals surface area contributed by atoms with Gasteiger partial charge in [0.1, 0.15) is 0 Å². The third kappa shape index (κ3) is 4.21. The lowest BCUT2D eigenvalue weighted by molar-refractivity contribution is -0.131. The summed E-state index contributed by atoms with van der Waals surface area (Å²) < 4.78 is 0. The lowest BCUT2D eigenvalue weighted by atomic mass is 9.87. The van der Waals surface area contributed by atoms with E-state index in [1.807, 2.05) is 11.9 Å². The number of carbonyl (C=O) groups is 1. The molecule has 4 atom stereocenters. The molecule has 4 unspecified atom stereocenters. The Labute approximate surface area is 124 Å². The Balaban J connectivity index is 1.74. The minimum absolute atomic E-state index is 0.00928. The Morgan fingerprint density at radius 3 is 2.50 bits per heavy atom. The van der Waals surface area contributed by atoms with Gasteiger partial charge < -0.3 is 10.6 Å². The van der Waals surface area contributed by atoms with Crippen molar-refractivity contribution in [3.8, 4) is 0 Å². The van der Waals surface area contributed by atoms with Crippen molar-refractivity contribution in [2.75, 3.05) is 13.6 Å². The van der Waals surface area contributed by atoms with E-state index in [2.05, 4.69) is 20.8 Å². The predicted octanol–water partition coefficient (Wildman–Crippen LogP) is 3.03. The van der Waals surface area contributed by atoms with Crippen molar-refractivity contribution in [1.82, 2.24) is 4.90 Å². The van der Waals surface area contributed by atoms with Crippen molar-refractivity contribution in [2.24, 2.45) is 28.9 Å². The molecule has 0 radical (unpaired) electrons. The summed E-state index contributed by atoms with van der Waals surface area (Å²) in [5, 5.41) is 0. The molecular weight excluding hydrogens is 248 g/mol. The van der Waals surface area contributed by atoms with Crippen LogP contribution in [0.15, 0.2) is 0 Å². The van der Waals surface area contributed by atoms with Gasteiger partial charge in [-0.2, -0.15) is 0 Å². The SMILES string of the molecule is CN(CC1CC2CCC1C2)C(=O)CC(N)CC(C)(C)C. The number of nitrogens with zero attached hydrogens (tertiary/aromatic N) is 1. The molecule has 1 amide bonds. The van der Waals surface area contributed by atoms with Gasteiger partial charge in [-0.25, -0.2) is 0 Å². The number of rotatable bonds is 5. The molecule has 0 spiro atoms. The van der Waals surface area contributed by atoms with E-state index in [4.69, 9.17) is 5.73 Å². The first-order valence-electron chi connectivity index (χ1n) is 8.24. The van der Waals surface area contributed by atoms with Crippen LogP contribution in [0.25, 0.3) is 0 Å². The highest BCUT2D eigenvalue weighted by atomic mass is 16.2. The minimum Gasteiger partial charge on any atom is -0.345 e. The number of amides is 1. The second kappa shape index (κ2) is 6.05. The van der Waals surface area contributed by atoms with Crippen molar-refractivity contribution in [3.05, 3.63) is 0 Å². The van der Waals surface area contributed by atoms with Gasteiger partial charge in [0.25, 0.3) is 0 Å². The van der Waals surface area contributed by atoms with E-state index in [0.29, 0.717) is 6.42 Å². The van der Waals surface area contributed by atoms with Crippen LogP contribution in [-0.2, 0) is 4.79 Å². The fraction of sp³-hybridized carbons (Fsp3) is 0.941. The average molecular weight is 280 g/mol. The molecule has 0 aromatic carbocycles. The average Bonchev–Trinajstić information content (AvgIpc) is 2.87. The van der Waals surface area contributed by atoms with Gasteiger partial charge in [0.15, 0.2) is 0 Å². The fourth-order valence-electron chi connectivity index (χ4n) is 4.29. The number of hydrogen-bond donors (Lipinski definition) is 1. The first-order valence-corrected chi connectivity index (χ1v) is 8.24.